The summed E-state index contributed by atoms with van der Waals surface area (Å²) in [7, 11) is 1.63. The van der Waals surface area contributed by atoms with Gasteiger partial charge in [-0.1, -0.05) is 6.92 Å². The smallest absolute Gasteiger partial charge is 0.119 e. The van der Waals surface area contributed by atoms with Crippen LogP contribution < -0.4 is 10.5 Å². The van der Waals surface area contributed by atoms with Crippen LogP contribution in [0.5, 0.6) is 5.75 Å². The van der Waals surface area contributed by atoms with Gasteiger partial charge in [0, 0.05) is 38.4 Å². The number of nitrogens with two attached hydrogens (primary N) is 1. The maximum absolute atomic E-state index is 8.69. The molecule has 0 spiro atoms. The van der Waals surface area contributed by atoms with E-state index in [2.05, 4.69) is 16.7 Å². The first-order chi connectivity index (χ1) is 9.69. The SMILES string of the molecule is CCN1CCN(CCO)CC1.COc1ccc(N)cc1. The van der Waals surface area contributed by atoms with Gasteiger partial charge in [0.05, 0.1) is 13.7 Å². The Morgan fingerprint density at radius 1 is 1.10 bits per heavy atom. The average Bonchev–Trinajstić information content (AvgIpc) is 2.50. The van der Waals surface area contributed by atoms with Crippen LogP contribution in [0.1, 0.15) is 6.92 Å². The number of anilines is 1. The lowest BCUT2D eigenvalue weighted by molar-refractivity contribution is 0.116. The molecule has 0 atom stereocenters. The van der Waals surface area contributed by atoms with E-state index in [1.165, 1.54) is 0 Å². The molecule has 0 bridgehead atoms. The molecule has 1 aliphatic rings. The molecule has 0 amide bonds. The zero-order valence-corrected chi connectivity index (χ0v) is 12.6. The maximum atomic E-state index is 8.69. The van der Waals surface area contributed by atoms with Gasteiger partial charge in [-0.25, -0.2) is 0 Å². The zero-order chi connectivity index (χ0) is 14.8. The molecule has 2 rings (SSSR count). The van der Waals surface area contributed by atoms with Crippen LogP contribution >= 0.6 is 0 Å². The molecule has 0 unspecified atom stereocenters. The quantitative estimate of drug-likeness (QED) is 0.803. The van der Waals surface area contributed by atoms with Crippen molar-refractivity contribution in [3.8, 4) is 5.75 Å². The highest BCUT2D eigenvalue weighted by molar-refractivity contribution is 5.41. The first-order valence-corrected chi connectivity index (χ1v) is 7.14. The number of aliphatic hydroxyl groups is 1. The third kappa shape index (κ3) is 6.23. The first-order valence-electron chi connectivity index (χ1n) is 7.14. The predicted molar refractivity (Wildman–Crippen MR) is 83.0 cm³/mol. The molecule has 0 saturated carbocycles. The number of hydrogen-bond acceptors (Lipinski definition) is 5. The van der Waals surface area contributed by atoms with Crippen LogP contribution in [0.25, 0.3) is 0 Å². The minimum absolute atomic E-state index is 0.298. The van der Waals surface area contributed by atoms with Crippen LogP contribution in [0.4, 0.5) is 5.69 Å². The predicted octanol–water partition coefficient (Wildman–Crippen LogP) is 0.894. The maximum Gasteiger partial charge on any atom is 0.119 e. The average molecular weight is 281 g/mol. The molecule has 0 aliphatic carbocycles. The van der Waals surface area contributed by atoms with Crippen LogP contribution in [-0.4, -0.2) is 67.9 Å². The van der Waals surface area contributed by atoms with Crippen LogP contribution in [0.15, 0.2) is 24.3 Å². The lowest BCUT2D eigenvalue weighted by Gasteiger charge is -2.33. The topological polar surface area (TPSA) is 62.0 Å². The molecular weight excluding hydrogens is 254 g/mol. The van der Waals surface area contributed by atoms with Gasteiger partial charge in [0.25, 0.3) is 0 Å². The Bertz CT molecular complexity index is 349. The van der Waals surface area contributed by atoms with Crippen molar-refractivity contribution in [2.45, 2.75) is 6.92 Å². The summed E-state index contributed by atoms with van der Waals surface area (Å²) in [5.74, 6) is 0.837. The summed E-state index contributed by atoms with van der Waals surface area (Å²) in [5, 5.41) is 8.69. The normalized spacial score (nSPS) is 16.4. The number of β-amino-alcohol motifs (C(OH)–C–C–N with tert-alkyl or cyclic N) is 1. The Kier molecular flexibility index (Phi) is 8.02. The molecule has 1 aromatic carbocycles. The van der Waals surface area contributed by atoms with E-state index in [1.54, 1.807) is 19.2 Å². The molecular formula is C15H27N3O2. The summed E-state index contributed by atoms with van der Waals surface area (Å²) in [6.45, 7) is 9.06. The highest BCUT2D eigenvalue weighted by Gasteiger charge is 2.13. The van der Waals surface area contributed by atoms with E-state index in [-0.39, 0.29) is 0 Å². The lowest BCUT2D eigenvalue weighted by atomic mass is 10.3. The number of rotatable bonds is 4. The van der Waals surface area contributed by atoms with Crippen LogP contribution in [0.2, 0.25) is 0 Å². The van der Waals surface area contributed by atoms with Crippen molar-refractivity contribution in [1.82, 2.24) is 9.80 Å². The molecule has 1 aliphatic heterocycles. The fourth-order valence-electron chi connectivity index (χ4n) is 2.07. The summed E-state index contributed by atoms with van der Waals surface area (Å²) < 4.78 is 4.91. The van der Waals surface area contributed by atoms with Crippen molar-refractivity contribution in [3.05, 3.63) is 24.3 Å². The van der Waals surface area contributed by atoms with Gasteiger partial charge in [0.15, 0.2) is 0 Å². The largest absolute Gasteiger partial charge is 0.497 e. The summed E-state index contributed by atoms with van der Waals surface area (Å²) in [5.41, 5.74) is 6.19. The van der Waals surface area contributed by atoms with Crippen LogP contribution in [0, 0.1) is 0 Å². The molecule has 5 heteroatoms. The standard InChI is InChI=1S/C8H18N2O.C7H9NO/c1-2-9-3-5-10(6-4-9)7-8-11;1-9-7-4-2-6(8)3-5-7/h11H,2-8H2,1H3;2-5H,8H2,1H3. The van der Waals surface area contributed by atoms with E-state index >= 15 is 0 Å². The molecule has 5 nitrogen and oxygen atoms in total. The third-order valence-corrected chi connectivity index (χ3v) is 3.44. The highest BCUT2D eigenvalue weighted by atomic mass is 16.5. The number of piperazine rings is 1. The molecule has 20 heavy (non-hydrogen) atoms. The second kappa shape index (κ2) is 9.58. The van der Waals surface area contributed by atoms with Crippen molar-refractivity contribution < 1.29 is 9.84 Å². The van der Waals surface area contributed by atoms with Crippen molar-refractivity contribution in [3.63, 3.8) is 0 Å². The van der Waals surface area contributed by atoms with E-state index < -0.39 is 0 Å². The molecule has 1 heterocycles. The van der Waals surface area contributed by atoms with Gasteiger partial charge in [-0.15, -0.1) is 0 Å². The van der Waals surface area contributed by atoms with Gasteiger partial charge in [-0.2, -0.15) is 0 Å². The van der Waals surface area contributed by atoms with Gasteiger partial charge < -0.3 is 20.5 Å². The molecule has 0 radical (unpaired) electrons. The highest BCUT2D eigenvalue weighted by Crippen LogP contribution is 2.11. The molecule has 0 aromatic heterocycles. The summed E-state index contributed by atoms with van der Waals surface area (Å²) in [6, 6.07) is 7.27. The number of likely N-dealkylation sites (N-methyl/N-ethyl adjacent to an activating group) is 1. The number of nitrogen functional groups attached to an aromatic ring is 1. The van der Waals surface area contributed by atoms with Crippen molar-refractivity contribution >= 4 is 5.69 Å². The minimum atomic E-state index is 0.298. The summed E-state index contributed by atoms with van der Waals surface area (Å²) in [4.78, 5) is 4.75. The van der Waals surface area contributed by atoms with E-state index in [4.69, 9.17) is 15.6 Å². The number of benzene rings is 1. The monoisotopic (exact) mass is 281 g/mol. The zero-order valence-electron chi connectivity index (χ0n) is 12.6. The number of ether oxygens (including phenoxy) is 1. The van der Waals surface area contributed by atoms with E-state index in [0.29, 0.717) is 6.61 Å². The van der Waals surface area contributed by atoms with E-state index in [9.17, 15) is 0 Å². The van der Waals surface area contributed by atoms with Gasteiger partial charge >= 0.3 is 0 Å². The fraction of sp³-hybridized carbons (Fsp3) is 0.600. The molecule has 3 N–H and O–H groups in total. The minimum Gasteiger partial charge on any atom is -0.497 e. The van der Waals surface area contributed by atoms with Gasteiger partial charge in [-0.3, -0.25) is 4.90 Å². The lowest BCUT2D eigenvalue weighted by Crippen LogP contribution is -2.46. The van der Waals surface area contributed by atoms with Crippen LogP contribution in [-0.2, 0) is 0 Å². The first kappa shape index (κ1) is 16.8. The molecule has 1 aromatic rings. The van der Waals surface area contributed by atoms with Crippen molar-refractivity contribution in [1.29, 1.82) is 0 Å². The molecule has 1 fully saturated rings. The number of nitrogens with zero attached hydrogens (tertiary/aromatic N) is 2. The number of hydrogen-bond donors (Lipinski definition) is 2. The van der Waals surface area contributed by atoms with Crippen LogP contribution in [0.3, 0.4) is 0 Å². The van der Waals surface area contributed by atoms with Gasteiger partial charge in [0.1, 0.15) is 5.75 Å². The third-order valence-electron chi connectivity index (χ3n) is 3.44. The molecule has 1 saturated heterocycles. The van der Waals surface area contributed by atoms with E-state index in [1.807, 2.05) is 12.1 Å². The van der Waals surface area contributed by atoms with Crippen molar-refractivity contribution in [2.75, 3.05) is 58.7 Å². The van der Waals surface area contributed by atoms with E-state index in [0.717, 1.165) is 50.7 Å². The summed E-state index contributed by atoms with van der Waals surface area (Å²) in [6.07, 6.45) is 0. The van der Waals surface area contributed by atoms with Crippen molar-refractivity contribution in [2.24, 2.45) is 0 Å². The Hall–Kier alpha value is -1.30. The van der Waals surface area contributed by atoms with Gasteiger partial charge in [-0.05, 0) is 30.8 Å². The summed E-state index contributed by atoms with van der Waals surface area (Å²) >= 11 is 0. The number of aliphatic hydroxyl groups excluding tert-OH is 1. The Labute approximate surface area is 121 Å². The second-order valence-corrected chi connectivity index (χ2v) is 4.77. The number of methoxy groups -OCH3 is 1. The Morgan fingerprint density at radius 2 is 1.65 bits per heavy atom. The second-order valence-electron chi connectivity index (χ2n) is 4.77. The Balaban J connectivity index is 0.000000204. The fourth-order valence-corrected chi connectivity index (χ4v) is 2.07. The Morgan fingerprint density at radius 3 is 2.10 bits per heavy atom. The molecule has 114 valence electrons. The van der Waals surface area contributed by atoms with Gasteiger partial charge in [0.2, 0.25) is 0 Å².